The van der Waals surface area contributed by atoms with Crippen LogP contribution in [0.4, 0.5) is 0 Å². The molecule has 0 spiro atoms. The van der Waals surface area contributed by atoms with Gasteiger partial charge in [-0.15, -0.1) is 0 Å². The SMILES string of the molecule is CCCCC(CC)CNCc1cscc1C. The minimum Gasteiger partial charge on any atom is -0.312 e. The highest BCUT2D eigenvalue weighted by molar-refractivity contribution is 7.08. The molecule has 0 radical (unpaired) electrons. The summed E-state index contributed by atoms with van der Waals surface area (Å²) in [5.74, 6) is 0.860. The van der Waals surface area contributed by atoms with Crippen LogP contribution in [0.5, 0.6) is 0 Å². The van der Waals surface area contributed by atoms with Crippen molar-refractivity contribution >= 4 is 11.3 Å². The maximum atomic E-state index is 3.60. The lowest BCUT2D eigenvalue weighted by atomic mass is 9.99. The molecule has 0 aliphatic rings. The number of aryl methyl sites for hydroxylation is 1. The molecule has 1 aromatic rings. The Hall–Kier alpha value is -0.340. The summed E-state index contributed by atoms with van der Waals surface area (Å²) in [5.41, 5.74) is 2.90. The number of nitrogens with one attached hydrogen (secondary N) is 1. The molecule has 0 saturated carbocycles. The van der Waals surface area contributed by atoms with E-state index in [0.717, 1.165) is 12.5 Å². The topological polar surface area (TPSA) is 12.0 Å². The average Bonchev–Trinajstić information content (AvgIpc) is 2.69. The van der Waals surface area contributed by atoms with Gasteiger partial charge < -0.3 is 5.32 Å². The van der Waals surface area contributed by atoms with Gasteiger partial charge in [-0.3, -0.25) is 0 Å². The van der Waals surface area contributed by atoms with E-state index in [1.807, 2.05) is 0 Å². The molecular formula is C14H25NS. The summed E-state index contributed by atoms with van der Waals surface area (Å²) in [6, 6.07) is 0. The Bertz CT molecular complexity index is 280. The van der Waals surface area contributed by atoms with E-state index >= 15 is 0 Å². The molecule has 0 aromatic carbocycles. The Morgan fingerprint density at radius 3 is 2.69 bits per heavy atom. The molecule has 1 unspecified atom stereocenters. The highest BCUT2D eigenvalue weighted by Gasteiger charge is 2.05. The summed E-state index contributed by atoms with van der Waals surface area (Å²) in [5, 5.41) is 8.08. The summed E-state index contributed by atoms with van der Waals surface area (Å²) in [6.45, 7) is 8.98. The van der Waals surface area contributed by atoms with E-state index in [1.54, 1.807) is 11.3 Å². The molecule has 0 aliphatic carbocycles. The number of thiophene rings is 1. The van der Waals surface area contributed by atoms with Gasteiger partial charge in [0.05, 0.1) is 0 Å². The highest BCUT2D eigenvalue weighted by Crippen LogP contribution is 2.14. The molecular weight excluding hydrogens is 214 g/mol. The van der Waals surface area contributed by atoms with E-state index < -0.39 is 0 Å². The van der Waals surface area contributed by atoms with Gasteiger partial charge in [0.15, 0.2) is 0 Å². The van der Waals surface area contributed by atoms with Crippen LogP contribution in [-0.2, 0) is 6.54 Å². The normalized spacial score (nSPS) is 12.9. The molecule has 1 heterocycles. The quantitative estimate of drug-likeness (QED) is 0.710. The van der Waals surface area contributed by atoms with Gasteiger partial charge in [-0.1, -0.05) is 33.1 Å². The second kappa shape index (κ2) is 7.86. The van der Waals surface area contributed by atoms with E-state index in [4.69, 9.17) is 0 Å². The molecule has 1 atom stereocenters. The van der Waals surface area contributed by atoms with Crippen molar-refractivity contribution < 1.29 is 0 Å². The van der Waals surface area contributed by atoms with Crippen molar-refractivity contribution in [3.8, 4) is 0 Å². The molecule has 0 saturated heterocycles. The zero-order valence-corrected chi connectivity index (χ0v) is 11.7. The van der Waals surface area contributed by atoms with Crippen molar-refractivity contribution in [2.75, 3.05) is 6.54 Å². The first-order valence-electron chi connectivity index (χ1n) is 6.50. The fraction of sp³-hybridized carbons (Fsp3) is 0.714. The molecule has 2 heteroatoms. The van der Waals surface area contributed by atoms with Crippen LogP contribution in [0.25, 0.3) is 0 Å². The molecule has 92 valence electrons. The van der Waals surface area contributed by atoms with E-state index in [9.17, 15) is 0 Å². The molecule has 0 fully saturated rings. The van der Waals surface area contributed by atoms with Crippen LogP contribution in [0.2, 0.25) is 0 Å². The lowest BCUT2D eigenvalue weighted by molar-refractivity contribution is 0.419. The summed E-state index contributed by atoms with van der Waals surface area (Å²) < 4.78 is 0. The van der Waals surface area contributed by atoms with E-state index in [1.165, 1.54) is 43.4 Å². The van der Waals surface area contributed by atoms with Crippen molar-refractivity contribution in [1.82, 2.24) is 5.32 Å². The fourth-order valence-electron chi connectivity index (χ4n) is 1.92. The number of rotatable bonds is 8. The lowest BCUT2D eigenvalue weighted by Gasteiger charge is -2.15. The van der Waals surface area contributed by atoms with Crippen LogP contribution in [0, 0.1) is 12.8 Å². The maximum Gasteiger partial charge on any atom is 0.0216 e. The van der Waals surface area contributed by atoms with Gasteiger partial charge in [-0.25, -0.2) is 0 Å². The van der Waals surface area contributed by atoms with Crippen LogP contribution in [0.1, 0.15) is 50.7 Å². The first kappa shape index (κ1) is 13.7. The second-order valence-corrected chi connectivity index (χ2v) is 5.37. The summed E-state index contributed by atoms with van der Waals surface area (Å²) >= 11 is 1.80. The summed E-state index contributed by atoms with van der Waals surface area (Å²) in [6.07, 6.45) is 5.37. The smallest absolute Gasteiger partial charge is 0.0216 e. The molecule has 0 aliphatic heterocycles. The Labute approximate surface area is 104 Å². The number of hydrogen-bond acceptors (Lipinski definition) is 2. The molecule has 16 heavy (non-hydrogen) atoms. The third kappa shape index (κ3) is 4.67. The standard InChI is InChI=1S/C14H25NS/c1-4-6-7-13(5-2)8-15-9-14-11-16-10-12(14)3/h10-11,13,15H,4-9H2,1-3H3. The maximum absolute atomic E-state index is 3.60. The predicted octanol–water partition coefficient (Wildman–Crippen LogP) is 4.36. The van der Waals surface area contributed by atoms with Crippen molar-refractivity contribution in [3.63, 3.8) is 0 Å². The van der Waals surface area contributed by atoms with Crippen LogP contribution >= 0.6 is 11.3 Å². The minimum atomic E-state index is 0.860. The Morgan fingerprint density at radius 2 is 2.12 bits per heavy atom. The van der Waals surface area contributed by atoms with E-state index in [2.05, 4.69) is 36.8 Å². The van der Waals surface area contributed by atoms with Gasteiger partial charge >= 0.3 is 0 Å². The van der Waals surface area contributed by atoms with Crippen LogP contribution < -0.4 is 5.32 Å². The lowest BCUT2D eigenvalue weighted by Crippen LogP contribution is -2.22. The monoisotopic (exact) mass is 239 g/mol. The molecule has 1 rings (SSSR count). The van der Waals surface area contributed by atoms with Gasteiger partial charge in [0.25, 0.3) is 0 Å². The summed E-state index contributed by atoms with van der Waals surface area (Å²) in [4.78, 5) is 0. The Balaban J connectivity index is 2.20. The first-order chi connectivity index (χ1) is 7.77. The van der Waals surface area contributed by atoms with Crippen molar-refractivity contribution in [2.45, 2.75) is 53.0 Å². The van der Waals surface area contributed by atoms with Gasteiger partial charge in [-0.05, 0) is 47.7 Å². The van der Waals surface area contributed by atoms with E-state index in [-0.39, 0.29) is 0 Å². The third-order valence-electron chi connectivity index (χ3n) is 3.25. The zero-order chi connectivity index (χ0) is 11.8. The van der Waals surface area contributed by atoms with E-state index in [0.29, 0.717) is 0 Å². The van der Waals surface area contributed by atoms with Crippen LogP contribution in [0.15, 0.2) is 10.8 Å². The number of hydrogen-bond donors (Lipinski definition) is 1. The van der Waals surface area contributed by atoms with Gasteiger partial charge in [-0.2, -0.15) is 11.3 Å². The minimum absolute atomic E-state index is 0.860. The van der Waals surface area contributed by atoms with Crippen LogP contribution in [0.3, 0.4) is 0 Å². The molecule has 1 N–H and O–H groups in total. The van der Waals surface area contributed by atoms with Crippen molar-refractivity contribution in [1.29, 1.82) is 0 Å². The van der Waals surface area contributed by atoms with Gasteiger partial charge in [0, 0.05) is 6.54 Å². The first-order valence-corrected chi connectivity index (χ1v) is 7.44. The Kier molecular flexibility index (Phi) is 6.74. The van der Waals surface area contributed by atoms with Crippen LogP contribution in [-0.4, -0.2) is 6.54 Å². The number of unbranched alkanes of at least 4 members (excludes halogenated alkanes) is 1. The fourth-order valence-corrected chi connectivity index (χ4v) is 2.78. The van der Waals surface area contributed by atoms with Gasteiger partial charge in [0.1, 0.15) is 0 Å². The Morgan fingerprint density at radius 1 is 1.31 bits per heavy atom. The predicted molar refractivity (Wildman–Crippen MR) is 74.1 cm³/mol. The average molecular weight is 239 g/mol. The highest BCUT2D eigenvalue weighted by atomic mass is 32.1. The molecule has 1 aromatic heterocycles. The second-order valence-electron chi connectivity index (χ2n) is 4.63. The van der Waals surface area contributed by atoms with Gasteiger partial charge in [0.2, 0.25) is 0 Å². The third-order valence-corrected chi connectivity index (χ3v) is 4.16. The molecule has 1 nitrogen and oxygen atoms in total. The molecule has 0 amide bonds. The molecule has 0 bridgehead atoms. The largest absolute Gasteiger partial charge is 0.312 e. The summed E-state index contributed by atoms with van der Waals surface area (Å²) in [7, 11) is 0. The van der Waals surface area contributed by atoms with Crippen molar-refractivity contribution in [3.05, 3.63) is 21.9 Å². The van der Waals surface area contributed by atoms with Crippen molar-refractivity contribution in [2.24, 2.45) is 5.92 Å². The zero-order valence-electron chi connectivity index (χ0n) is 10.9.